The van der Waals surface area contributed by atoms with E-state index in [1.807, 2.05) is 12.1 Å². The van der Waals surface area contributed by atoms with Gasteiger partial charge in [-0.3, -0.25) is 5.41 Å². The fourth-order valence-electron chi connectivity index (χ4n) is 3.19. The van der Waals surface area contributed by atoms with E-state index in [1.54, 1.807) is 18.2 Å². The van der Waals surface area contributed by atoms with Gasteiger partial charge in [0, 0.05) is 37.6 Å². The lowest BCUT2D eigenvalue weighted by Gasteiger charge is -2.27. The Morgan fingerprint density at radius 3 is 2.71 bits per heavy atom. The number of methoxy groups -OCH3 is 1. The van der Waals surface area contributed by atoms with Crippen LogP contribution < -0.4 is 9.64 Å². The third kappa shape index (κ3) is 3.68. The molecule has 0 unspecified atom stereocenters. The molecule has 1 aromatic carbocycles. The van der Waals surface area contributed by atoms with Crippen LogP contribution in [0.4, 0.5) is 5.82 Å². The predicted octanol–water partition coefficient (Wildman–Crippen LogP) is 1.81. The normalized spacial score (nSPS) is 17.7. The van der Waals surface area contributed by atoms with Gasteiger partial charge in [0.2, 0.25) is 5.60 Å². The number of rotatable bonds is 6. The third-order valence-corrected chi connectivity index (χ3v) is 4.94. The van der Waals surface area contributed by atoms with Crippen LogP contribution in [0.5, 0.6) is 5.75 Å². The number of hydrogen-bond acceptors (Lipinski definition) is 8. The predicted molar refractivity (Wildman–Crippen MR) is 102 cm³/mol. The number of hydrogen-bond donors (Lipinski definition) is 1. The van der Waals surface area contributed by atoms with Crippen LogP contribution >= 0.6 is 0 Å². The quantitative estimate of drug-likeness (QED) is 0.601. The lowest BCUT2D eigenvalue weighted by molar-refractivity contribution is -0.151. The van der Waals surface area contributed by atoms with Crippen LogP contribution in [0.3, 0.4) is 0 Å². The summed E-state index contributed by atoms with van der Waals surface area (Å²) in [5.74, 6) is 0.958. The second-order valence-corrected chi connectivity index (χ2v) is 6.85. The molecule has 28 heavy (non-hydrogen) atoms. The summed E-state index contributed by atoms with van der Waals surface area (Å²) in [5.41, 5.74) is 0.575. The summed E-state index contributed by atoms with van der Waals surface area (Å²) in [5, 5.41) is 8.56. The van der Waals surface area contributed by atoms with Gasteiger partial charge in [-0.15, -0.1) is 0 Å². The first-order chi connectivity index (χ1) is 13.6. The van der Waals surface area contributed by atoms with Crippen LogP contribution in [0, 0.1) is 5.41 Å². The Bertz CT molecular complexity index is 891. The molecule has 0 bridgehead atoms. The van der Waals surface area contributed by atoms with E-state index in [0.717, 1.165) is 18.9 Å². The topological polar surface area (TPSA) is 97.6 Å². The summed E-state index contributed by atoms with van der Waals surface area (Å²) >= 11 is 0. The molecular formula is C20H22N4O4. The van der Waals surface area contributed by atoms with Crippen LogP contribution in [0.25, 0.3) is 0 Å². The van der Waals surface area contributed by atoms with E-state index in [4.69, 9.17) is 19.6 Å². The number of nitrogens with one attached hydrogen (secondary N) is 1. The van der Waals surface area contributed by atoms with Gasteiger partial charge in [-0.2, -0.15) is 0 Å². The van der Waals surface area contributed by atoms with Crippen molar-refractivity contribution in [3.8, 4) is 5.75 Å². The molecule has 2 aliphatic rings. The Labute approximate surface area is 163 Å². The summed E-state index contributed by atoms with van der Waals surface area (Å²) < 4.78 is 16.1. The van der Waals surface area contributed by atoms with Crippen molar-refractivity contribution in [1.82, 2.24) is 9.97 Å². The van der Waals surface area contributed by atoms with Gasteiger partial charge < -0.3 is 19.1 Å². The number of anilines is 1. The molecule has 2 aromatic rings. The summed E-state index contributed by atoms with van der Waals surface area (Å²) in [6.07, 6.45) is 2.75. The van der Waals surface area contributed by atoms with E-state index in [2.05, 4.69) is 14.9 Å². The number of aromatic nitrogens is 2. The Hall–Kier alpha value is -3.00. The van der Waals surface area contributed by atoms with Gasteiger partial charge >= 0.3 is 5.97 Å². The third-order valence-electron chi connectivity index (χ3n) is 4.94. The van der Waals surface area contributed by atoms with E-state index < -0.39 is 5.60 Å². The zero-order valence-electron chi connectivity index (χ0n) is 15.7. The van der Waals surface area contributed by atoms with Crippen molar-refractivity contribution in [1.29, 1.82) is 5.41 Å². The van der Waals surface area contributed by atoms with Gasteiger partial charge in [0.05, 0.1) is 31.7 Å². The molecule has 1 saturated carbocycles. The van der Waals surface area contributed by atoms with Crippen LogP contribution in [0.2, 0.25) is 0 Å². The van der Waals surface area contributed by atoms with Gasteiger partial charge in [0.1, 0.15) is 17.9 Å². The van der Waals surface area contributed by atoms with Crippen molar-refractivity contribution in [2.75, 3.05) is 38.3 Å². The first-order valence-electron chi connectivity index (χ1n) is 9.23. The largest absolute Gasteiger partial charge is 0.476 e. The summed E-state index contributed by atoms with van der Waals surface area (Å²) in [6, 6.07) is 8.97. The van der Waals surface area contributed by atoms with Gasteiger partial charge in [0.25, 0.3) is 0 Å². The van der Waals surface area contributed by atoms with Crippen molar-refractivity contribution in [2.24, 2.45) is 0 Å². The van der Waals surface area contributed by atoms with Crippen LogP contribution in [-0.4, -0.2) is 60.7 Å². The Kier molecular flexibility index (Phi) is 4.95. The summed E-state index contributed by atoms with van der Waals surface area (Å²) in [6.45, 7) is 2.86. The van der Waals surface area contributed by atoms with Crippen molar-refractivity contribution >= 4 is 17.5 Å². The molecule has 0 atom stereocenters. The number of ether oxygens (including phenoxy) is 3. The monoisotopic (exact) mass is 382 g/mol. The molecule has 1 aliphatic carbocycles. The van der Waals surface area contributed by atoms with Gasteiger partial charge in [-0.05, 0) is 12.1 Å². The average Bonchev–Trinajstić information content (AvgIpc) is 3.54. The van der Waals surface area contributed by atoms with Crippen molar-refractivity contribution in [2.45, 2.75) is 18.4 Å². The highest BCUT2D eigenvalue weighted by atomic mass is 16.6. The van der Waals surface area contributed by atoms with E-state index >= 15 is 0 Å². The number of morpholine rings is 1. The Morgan fingerprint density at radius 2 is 2.00 bits per heavy atom. The van der Waals surface area contributed by atoms with Crippen LogP contribution in [-0.2, 0) is 14.3 Å². The molecule has 0 spiro atoms. The zero-order chi connectivity index (χ0) is 19.6. The minimum atomic E-state index is -0.881. The van der Waals surface area contributed by atoms with Crippen molar-refractivity contribution < 1.29 is 19.0 Å². The molecule has 1 saturated heterocycles. The SMILES string of the molecule is COC(=O)C1(Oc2cccc(C(=N)c3cc(N4CCOCC4)ncn3)c2)CC1. The Balaban J connectivity index is 1.53. The van der Waals surface area contributed by atoms with Crippen molar-refractivity contribution in [3.05, 3.63) is 47.9 Å². The van der Waals surface area contributed by atoms with E-state index in [1.165, 1.54) is 13.4 Å². The minimum Gasteiger partial charge on any atom is -0.476 e. The van der Waals surface area contributed by atoms with E-state index in [0.29, 0.717) is 43.1 Å². The molecule has 8 heteroatoms. The van der Waals surface area contributed by atoms with Crippen LogP contribution in [0.1, 0.15) is 24.1 Å². The smallest absolute Gasteiger partial charge is 0.350 e. The molecule has 0 amide bonds. The van der Waals surface area contributed by atoms with E-state index in [9.17, 15) is 4.79 Å². The minimum absolute atomic E-state index is 0.269. The number of esters is 1. The van der Waals surface area contributed by atoms with Crippen LogP contribution in [0.15, 0.2) is 36.7 Å². The van der Waals surface area contributed by atoms with Gasteiger partial charge in [0.15, 0.2) is 0 Å². The Morgan fingerprint density at radius 1 is 1.21 bits per heavy atom. The molecule has 1 N–H and O–H groups in total. The van der Waals surface area contributed by atoms with Gasteiger partial charge in [-0.25, -0.2) is 14.8 Å². The molecule has 1 aromatic heterocycles. The highest BCUT2D eigenvalue weighted by Crippen LogP contribution is 2.41. The summed E-state index contributed by atoms with van der Waals surface area (Å²) in [7, 11) is 1.36. The number of carbonyl (C=O) groups excluding carboxylic acids is 1. The molecular weight excluding hydrogens is 360 g/mol. The molecule has 4 rings (SSSR count). The van der Waals surface area contributed by atoms with Crippen molar-refractivity contribution in [3.63, 3.8) is 0 Å². The number of benzene rings is 1. The highest BCUT2D eigenvalue weighted by Gasteiger charge is 2.54. The number of nitrogens with zero attached hydrogens (tertiary/aromatic N) is 3. The van der Waals surface area contributed by atoms with Gasteiger partial charge in [-0.1, -0.05) is 12.1 Å². The molecule has 8 nitrogen and oxygen atoms in total. The lowest BCUT2D eigenvalue weighted by atomic mass is 10.1. The lowest BCUT2D eigenvalue weighted by Crippen LogP contribution is -2.36. The van der Waals surface area contributed by atoms with E-state index in [-0.39, 0.29) is 11.7 Å². The molecule has 2 fully saturated rings. The molecule has 0 radical (unpaired) electrons. The highest BCUT2D eigenvalue weighted by molar-refractivity contribution is 6.10. The molecule has 146 valence electrons. The molecule has 1 aliphatic heterocycles. The fraction of sp³-hybridized carbons (Fsp3) is 0.400. The standard InChI is InChI=1S/C20H22N4O4/c1-26-19(25)20(5-6-20)28-15-4-2-3-14(11-15)18(21)16-12-17(23-13-22-16)24-7-9-27-10-8-24/h2-4,11-13,21H,5-10H2,1H3. The zero-order valence-corrected chi connectivity index (χ0v) is 15.7. The maximum absolute atomic E-state index is 11.9. The first kappa shape index (κ1) is 18.4. The summed E-state index contributed by atoms with van der Waals surface area (Å²) in [4.78, 5) is 22.6. The first-order valence-corrected chi connectivity index (χ1v) is 9.23. The maximum atomic E-state index is 11.9. The second kappa shape index (κ2) is 7.55. The average molecular weight is 382 g/mol. The fourth-order valence-corrected chi connectivity index (χ4v) is 3.19. The number of carbonyl (C=O) groups is 1. The molecule has 2 heterocycles. The maximum Gasteiger partial charge on any atom is 0.350 e. The second-order valence-electron chi connectivity index (χ2n) is 6.85.